The van der Waals surface area contributed by atoms with E-state index in [9.17, 15) is 13.2 Å². The van der Waals surface area contributed by atoms with Crippen molar-refractivity contribution in [3.8, 4) is 0 Å². The van der Waals surface area contributed by atoms with Gasteiger partial charge in [-0.2, -0.15) is 13.5 Å². The van der Waals surface area contributed by atoms with Crippen LogP contribution in [0.2, 0.25) is 0 Å². The molecule has 0 amide bonds. The normalized spacial score (nSPS) is 19.1. The Labute approximate surface area is 132 Å². The lowest BCUT2D eigenvalue weighted by Gasteiger charge is -2.40. The maximum atomic E-state index is 12.1. The van der Waals surface area contributed by atoms with Gasteiger partial charge in [0.1, 0.15) is 4.90 Å². The summed E-state index contributed by atoms with van der Waals surface area (Å²) in [6.07, 6.45) is 1.59. The highest BCUT2D eigenvalue weighted by Gasteiger charge is 2.37. The quantitative estimate of drug-likeness (QED) is 0.792. The minimum Gasteiger partial charge on any atom is -0.355 e. The Morgan fingerprint density at radius 3 is 2.70 bits per heavy atom. The molecule has 0 radical (unpaired) electrons. The van der Waals surface area contributed by atoms with Gasteiger partial charge in [-0.15, -0.1) is 4.40 Å². The Kier molecular flexibility index (Phi) is 3.08. The summed E-state index contributed by atoms with van der Waals surface area (Å²) < 4.78 is 29.4. The van der Waals surface area contributed by atoms with Gasteiger partial charge in [0, 0.05) is 36.8 Å². The minimum absolute atomic E-state index is 0.128. The standard InChI is InChI=1S/C15H14N4O3S/c20-14-6-3-7-16-19(14)10-11-8-18(9-11)15-12-4-1-2-5-13(12)23(21,22)17-15/h1-7,11H,8-10H2. The highest BCUT2D eigenvalue weighted by molar-refractivity contribution is 7.90. The van der Waals surface area contributed by atoms with Crippen LogP contribution in [-0.2, 0) is 16.6 Å². The van der Waals surface area contributed by atoms with Crippen LogP contribution < -0.4 is 5.56 Å². The van der Waals surface area contributed by atoms with Gasteiger partial charge in [-0.25, -0.2) is 4.68 Å². The maximum Gasteiger partial charge on any atom is 0.285 e. The molecule has 2 aromatic rings. The number of nitrogens with zero attached hydrogens (tertiary/aromatic N) is 4. The van der Waals surface area contributed by atoms with Gasteiger partial charge < -0.3 is 4.90 Å². The Morgan fingerprint density at radius 1 is 1.13 bits per heavy atom. The van der Waals surface area contributed by atoms with E-state index in [4.69, 9.17) is 0 Å². The summed E-state index contributed by atoms with van der Waals surface area (Å²) in [4.78, 5) is 13.9. The number of amidine groups is 1. The van der Waals surface area contributed by atoms with Crippen molar-refractivity contribution in [3.63, 3.8) is 0 Å². The third-order valence-corrected chi connectivity index (χ3v) is 5.41. The van der Waals surface area contributed by atoms with Crippen LogP contribution in [0, 0.1) is 5.92 Å². The molecule has 1 fully saturated rings. The first-order valence-electron chi connectivity index (χ1n) is 7.26. The number of likely N-dealkylation sites (tertiary alicyclic amines) is 1. The topological polar surface area (TPSA) is 84.6 Å². The van der Waals surface area contributed by atoms with Crippen molar-refractivity contribution in [2.45, 2.75) is 11.4 Å². The molecule has 3 heterocycles. The number of aromatic nitrogens is 2. The molecule has 0 N–H and O–H groups in total. The average molecular weight is 330 g/mol. The highest BCUT2D eigenvalue weighted by atomic mass is 32.2. The second kappa shape index (κ2) is 5.02. The van der Waals surface area contributed by atoms with E-state index in [1.807, 2.05) is 4.90 Å². The lowest BCUT2D eigenvalue weighted by molar-refractivity contribution is 0.161. The molecule has 23 heavy (non-hydrogen) atoms. The zero-order valence-electron chi connectivity index (χ0n) is 12.2. The molecule has 118 valence electrons. The van der Waals surface area contributed by atoms with E-state index in [2.05, 4.69) is 9.50 Å². The van der Waals surface area contributed by atoms with Crippen LogP contribution in [0.3, 0.4) is 0 Å². The summed E-state index contributed by atoms with van der Waals surface area (Å²) in [5, 5.41) is 4.04. The molecular formula is C15H14N4O3S. The van der Waals surface area contributed by atoms with E-state index in [-0.39, 0.29) is 16.4 Å². The van der Waals surface area contributed by atoms with E-state index in [0.29, 0.717) is 31.0 Å². The molecule has 1 saturated heterocycles. The van der Waals surface area contributed by atoms with Gasteiger partial charge in [-0.05, 0) is 18.2 Å². The fourth-order valence-electron chi connectivity index (χ4n) is 2.94. The third-order valence-electron chi connectivity index (χ3n) is 4.09. The summed E-state index contributed by atoms with van der Waals surface area (Å²) >= 11 is 0. The molecule has 0 atom stereocenters. The molecule has 1 aromatic heterocycles. The van der Waals surface area contributed by atoms with E-state index in [1.165, 1.54) is 10.7 Å². The van der Waals surface area contributed by atoms with E-state index in [0.717, 1.165) is 0 Å². The first-order valence-corrected chi connectivity index (χ1v) is 8.70. The van der Waals surface area contributed by atoms with Crippen LogP contribution in [0.15, 0.2) is 56.7 Å². The fraction of sp³-hybridized carbons (Fsp3) is 0.267. The number of sulfonamides is 1. The molecular weight excluding hydrogens is 316 g/mol. The van der Waals surface area contributed by atoms with Crippen molar-refractivity contribution in [2.75, 3.05) is 13.1 Å². The summed E-state index contributed by atoms with van der Waals surface area (Å²) in [5.41, 5.74) is 0.526. The van der Waals surface area contributed by atoms with Gasteiger partial charge in [0.15, 0.2) is 5.84 Å². The first-order chi connectivity index (χ1) is 11.0. The lowest BCUT2D eigenvalue weighted by Crippen LogP contribution is -2.52. The van der Waals surface area contributed by atoms with Crippen molar-refractivity contribution >= 4 is 15.9 Å². The van der Waals surface area contributed by atoms with Gasteiger partial charge in [-0.1, -0.05) is 12.1 Å². The summed E-state index contributed by atoms with van der Waals surface area (Å²) in [6, 6.07) is 9.94. The Hall–Kier alpha value is -2.48. The van der Waals surface area contributed by atoms with Crippen molar-refractivity contribution in [2.24, 2.45) is 10.3 Å². The Balaban J connectivity index is 1.51. The van der Waals surface area contributed by atoms with Crippen LogP contribution in [0.1, 0.15) is 5.56 Å². The van der Waals surface area contributed by atoms with Gasteiger partial charge in [-0.3, -0.25) is 4.79 Å². The van der Waals surface area contributed by atoms with Gasteiger partial charge in [0.05, 0.1) is 6.54 Å². The van der Waals surface area contributed by atoms with E-state index in [1.54, 1.807) is 36.5 Å². The molecule has 1 aromatic carbocycles. The van der Waals surface area contributed by atoms with E-state index < -0.39 is 10.0 Å². The van der Waals surface area contributed by atoms with Crippen molar-refractivity contribution < 1.29 is 8.42 Å². The number of fused-ring (bicyclic) bond motifs is 1. The largest absolute Gasteiger partial charge is 0.355 e. The third kappa shape index (κ3) is 2.35. The number of hydrogen-bond acceptors (Lipinski definition) is 5. The highest BCUT2D eigenvalue weighted by Crippen LogP contribution is 2.30. The molecule has 8 heteroatoms. The molecule has 0 spiro atoms. The Bertz CT molecular complexity index is 958. The second-order valence-corrected chi connectivity index (χ2v) is 7.27. The number of rotatable bonds is 2. The molecule has 0 bridgehead atoms. The summed E-state index contributed by atoms with van der Waals surface area (Å²) in [6.45, 7) is 1.84. The SMILES string of the molecule is O=c1cccnn1CC1CN(C2=NS(=O)(=O)c3ccccc32)C1. The molecule has 0 aliphatic carbocycles. The van der Waals surface area contributed by atoms with E-state index >= 15 is 0 Å². The van der Waals surface area contributed by atoms with Gasteiger partial charge in [0.2, 0.25) is 0 Å². The second-order valence-electron chi connectivity index (χ2n) is 5.70. The van der Waals surface area contributed by atoms with Crippen LogP contribution in [0.25, 0.3) is 0 Å². The monoisotopic (exact) mass is 330 g/mol. The fourth-order valence-corrected chi connectivity index (χ4v) is 4.17. The molecule has 2 aliphatic rings. The molecule has 2 aliphatic heterocycles. The van der Waals surface area contributed by atoms with Crippen molar-refractivity contribution in [1.82, 2.24) is 14.7 Å². The zero-order chi connectivity index (χ0) is 16.0. The Morgan fingerprint density at radius 2 is 1.91 bits per heavy atom. The molecule has 0 saturated carbocycles. The molecule has 0 unspecified atom stereocenters. The van der Waals surface area contributed by atoms with Crippen LogP contribution in [0.4, 0.5) is 0 Å². The van der Waals surface area contributed by atoms with Gasteiger partial charge in [0.25, 0.3) is 15.6 Å². The number of hydrogen-bond donors (Lipinski definition) is 0. The summed E-state index contributed by atoms with van der Waals surface area (Å²) in [7, 11) is -3.58. The zero-order valence-corrected chi connectivity index (χ0v) is 13.0. The number of benzene rings is 1. The van der Waals surface area contributed by atoms with Crippen molar-refractivity contribution in [3.05, 3.63) is 58.5 Å². The maximum absolute atomic E-state index is 12.1. The lowest BCUT2D eigenvalue weighted by atomic mass is 9.98. The first kappa shape index (κ1) is 14.1. The minimum atomic E-state index is -3.58. The summed E-state index contributed by atoms with van der Waals surface area (Å²) in [5.74, 6) is 0.756. The predicted molar refractivity (Wildman–Crippen MR) is 83.7 cm³/mol. The molecule has 4 rings (SSSR count). The van der Waals surface area contributed by atoms with Crippen LogP contribution in [0.5, 0.6) is 0 Å². The molecule has 7 nitrogen and oxygen atoms in total. The smallest absolute Gasteiger partial charge is 0.285 e. The predicted octanol–water partition coefficient (Wildman–Crippen LogP) is 0.324. The average Bonchev–Trinajstić information content (AvgIpc) is 2.76. The van der Waals surface area contributed by atoms with Gasteiger partial charge >= 0.3 is 0 Å². The van der Waals surface area contributed by atoms with Crippen LogP contribution >= 0.6 is 0 Å². The van der Waals surface area contributed by atoms with Crippen molar-refractivity contribution in [1.29, 1.82) is 0 Å². The van der Waals surface area contributed by atoms with Crippen LogP contribution in [-0.4, -0.2) is 42.0 Å².